The van der Waals surface area contributed by atoms with E-state index in [9.17, 15) is 26.4 Å². The summed E-state index contributed by atoms with van der Waals surface area (Å²) in [5.41, 5.74) is 0. The van der Waals surface area contributed by atoms with Crippen molar-refractivity contribution in [1.29, 1.82) is 0 Å². The van der Waals surface area contributed by atoms with Gasteiger partial charge in [-0.05, 0) is 24.7 Å². The van der Waals surface area contributed by atoms with Crippen molar-refractivity contribution < 1.29 is 34.8 Å². The fourth-order valence-corrected chi connectivity index (χ4v) is 4.20. The van der Waals surface area contributed by atoms with Crippen LogP contribution in [0.1, 0.15) is 12.8 Å². The van der Waals surface area contributed by atoms with E-state index in [0.717, 1.165) is 0 Å². The van der Waals surface area contributed by atoms with Crippen LogP contribution in [0.3, 0.4) is 0 Å². The van der Waals surface area contributed by atoms with E-state index in [4.69, 9.17) is 0 Å². The Balaban J connectivity index is 2.12. The third-order valence-electron chi connectivity index (χ3n) is 2.85. The van der Waals surface area contributed by atoms with Crippen LogP contribution in [-0.4, -0.2) is 52.1 Å². The summed E-state index contributed by atoms with van der Waals surface area (Å²) >= 11 is 0. The van der Waals surface area contributed by atoms with Gasteiger partial charge in [0.2, 0.25) is 11.6 Å². The molecule has 0 aromatic heterocycles. The average molecular weight is 322 g/mol. The first-order chi connectivity index (χ1) is 9.24. The van der Waals surface area contributed by atoms with Gasteiger partial charge >= 0.3 is 0 Å². The molecule has 8 nitrogen and oxygen atoms in total. The van der Waals surface area contributed by atoms with Gasteiger partial charge in [0.15, 0.2) is 10.5 Å². The van der Waals surface area contributed by atoms with Crippen LogP contribution in [0.15, 0.2) is 0 Å². The lowest BCUT2D eigenvalue weighted by atomic mass is 10.2. The second-order valence-corrected chi connectivity index (χ2v) is 7.74. The fraction of sp³-hybridized carbons (Fsp3) is 0.600. The van der Waals surface area contributed by atoms with Crippen LogP contribution in [-0.2, 0) is 38.2 Å². The summed E-state index contributed by atoms with van der Waals surface area (Å²) in [6.45, 7) is -0.224. The van der Waals surface area contributed by atoms with E-state index in [1.54, 1.807) is 0 Å². The summed E-state index contributed by atoms with van der Waals surface area (Å²) in [7, 11) is -7.96. The van der Waals surface area contributed by atoms with Crippen molar-refractivity contribution in [2.24, 2.45) is 0 Å². The Morgan fingerprint density at radius 1 is 0.800 bits per heavy atom. The largest absolute Gasteiger partial charge is 0.283 e. The monoisotopic (exact) mass is 322 g/mol. The van der Waals surface area contributed by atoms with Crippen molar-refractivity contribution in [3.05, 3.63) is 0 Å². The summed E-state index contributed by atoms with van der Waals surface area (Å²) in [6.07, 6.45) is -0.0657. The summed E-state index contributed by atoms with van der Waals surface area (Å²) < 4.78 is 54.0. The molecule has 10 heteroatoms. The minimum atomic E-state index is -3.98. The van der Waals surface area contributed by atoms with Crippen molar-refractivity contribution in [2.45, 2.75) is 23.3 Å². The summed E-state index contributed by atoms with van der Waals surface area (Å²) in [4.78, 5) is 23.2. The second kappa shape index (κ2) is 5.25. The Morgan fingerprint density at radius 3 is 1.40 bits per heavy atom. The van der Waals surface area contributed by atoms with Crippen LogP contribution >= 0.6 is 0 Å². The molecule has 20 heavy (non-hydrogen) atoms. The molecular weight excluding hydrogens is 312 g/mol. The predicted molar refractivity (Wildman–Crippen MR) is 64.3 cm³/mol. The maximum atomic E-state index is 11.6. The number of hydrogen-bond donors (Lipinski definition) is 0. The Bertz CT molecular complexity index is 646. The molecule has 0 bridgehead atoms. The lowest BCUT2D eigenvalue weighted by molar-refractivity contribution is -0.115. The van der Waals surface area contributed by atoms with E-state index < -0.39 is 42.3 Å². The van der Waals surface area contributed by atoms with E-state index in [1.807, 2.05) is 11.8 Å². The molecule has 2 atom stereocenters. The highest BCUT2D eigenvalue weighted by Gasteiger charge is 2.39. The zero-order chi connectivity index (χ0) is 15.0. The molecule has 0 saturated carbocycles. The van der Waals surface area contributed by atoms with Gasteiger partial charge in [0.1, 0.15) is 0 Å². The van der Waals surface area contributed by atoms with Crippen molar-refractivity contribution in [3.8, 4) is 11.8 Å². The molecule has 0 radical (unpaired) electrons. The molecule has 2 heterocycles. The van der Waals surface area contributed by atoms with Crippen LogP contribution in [0.5, 0.6) is 0 Å². The zero-order valence-corrected chi connectivity index (χ0v) is 11.7. The highest BCUT2D eigenvalue weighted by atomic mass is 32.2. The van der Waals surface area contributed by atoms with Crippen LogP contribution < -0.4 is 0 Å². The van der Waals surface area contributed by atoms with E-state index in [1.165, 1.54) is 0 Å². The molecule has 2 saturated heterocycles. The van der Waals surface area contributed by atoms with E-state index in [2.05, 4.69) is 8.37 Å². The Kier molecular flexibility index (Phi) is 3.97. The Morgan fingerprint density at radius 2 is 1.15 bits per heavy atom. The molecule has 110 valence electrons. The third kappa shape index (κ3) is 2.90. The molecule has 0 amide bonds. The van der Waals surface area contributed by atoms with Crippen molar-refractivity contribution in [3.63, 3.8) is 0 Å². The number of rotatable bonds is 2. The topological polar surface area (TPSA) is 121 Å². The normalized spacial score (nSPS) is 30.4. The average Bonchev–Trinajstić information content (AvgIpc) is 2.87. The minimum absolute atomic E-state index is 0.0329. The lowest BCUT2D eigenvalue weighted by Crippen LogP contribution is -2.26. The summed E-state index contributed by atoms with van der Waals surface area (Å²) in [5.74, 6) is 1.80. The minimum Gasteiger partial charge on any atom is -0.283 e. The molecule has 0 aromatic rings. The van der Waals surface area contributed by atoms with Gasteiger partial charge in [-0.3, -0.25) is 18.0 Å². The van der Waals surface area contributed by atoms with E-state index >= 15 is 0 Å². The van der Waals surface area contributed by atoms with Gasteiger partial charge in [0.25, 0.3) is 20.2 Å². The number of carbonyl (C=O) groups is 2. The highest BCUT2D eigenvalue weighted by molar-refractivity contribution is 7.88. The van der Waals surface area contributed by atoms with Crippen LogP contribution in [0.2, 0.25) is 0 Å². The molecule has 0 aliphatic carbocycles. The van der Waals surface area contributed by atoms with E-state index in [-0.39, 0.29) is 26.1 Å². The summed E-state index contributed by atoms with van der Waals surface area (Å²) in [5, 5.41) is -2.83. The van der Waals surface area contributed by atoms with Gasteiger partial charge in [-0.1, -0.05) is 0 Å². The molecule has 2 aliphatic rings. The SMILES string of the molecule is O=C(C#CC(=O)C1CCOS1(=O)=O)C1CCOS1(=O)=O. The molecular formula is C10H10O8S2. The maximum Gasteiger partial charge on any atom is 0.278 e. The zero-order valence-electron chi connectivity index (χ0n) is 10.1. The number of hydrogen-bond acceptors (Lipinski definition) is 8. The third-order valence-corrected chi connectivity index (χ3v) is 6.13. The fourth-order valence-electron chi connectivity index (χ4n) is 1.80. The maximum absolute atomic E-state index is 11.6. The lowest BCUT2D eigenvalue weighted by Gasteiger charge is -2.01. The molecule has 0 aromatic carbocycles. The van der Waals surface area contributed by atoms with Gasteiger partial charge < -0.3 is 0 Å². The Labute approximate surface area is 115 Å². The van der Waals surface area contributed by atoms with Crippen LogP contribution in [0, 0.1) is 11.8 Å². The van der Waals surface area contributed by atoms with Gasteiger partial charge in [-0.25, -0.2) is 0 Å². The van der Waals surface area contributed by atoms with Gasteiger partial charge in [-0.15, -0.1) is 0 Å². The number of ketones is 2. The highest BCUT2D eigenvalue weighted by Crippen LogP contribution is 2.19. The summed E-state index contributed by atoms with van der Waals surface area (Å²) in [6, 6.07) is 0. The molecule has 2 unspecified atom stereocenters. The van der Waals surface area contributed by atoms with Crippen LogP contribution in [0.4, 0.5) is 0 Å². The quantitative estimate of drug-likeness (QED) is 0.337. The Hall–Kier alpha value is -1.28. The second-order valence-electron chi connectivity index (χ2n) is 4.16. The van der Waals surface area contributed by atoms with Gasteiger partial charge in [0.05, 0.1) is 13.2 Å². The van der Waals surface area contributed by atoms with Crippen molar-refractivity contribution >= 4 is 31.8 Å². The van der Waals surface area contributed by atoms with Gasteiger partial charge in [0, 0.05) is 0 Å². The molecule has 2 rings (SSSR count). The van der Waals surface area contributed by atoms with Crippen molar-refractivity contribution in [2.75, 3.05) is 13.2 Å². The smallest absolute Gasteiger partial charge is 0.278 e. The molecule has 0 spiro atoms. The first-order valence-electron chi connectivity index (χ1n) is 5.60. The predicted octanol–water partition coefficient (Wildman–Crippen LogP) is -1.63. The molecule has 2 fully saturated rings. The molecule has 0 N–H and O–H groups in total. The van der Waals surface area contributed by atoms with Crippen LogP contribution in [0.25, 0.3) is 0 Å². The first kappa shape index (κ1) is 15.1. The molecule has 2 aliphatic heterocycles. The number of carbonyl (C=O) groups excluding carboxylic acids is 2. The first-order valence-corrected chi connectivity index (χ1v) is 8.54. The number of Topliss-reactive ketones (excluding diaryl/α,β-unsaturated/α-hetero) is 2. The van der Waals surface area contributed by atoms with Gasteiger partial charge in [-0.2, -0.15) is 16.8 Å². The van der Waals surface area contributed by atoms with E-state index in [0.29, 0.717) is 0 Å². The van der Waals surface area contributed by atoms with Crippen molar-refractivity contribution in [1.82, 2.24) is 0 Å². The standard InChI is InChI=1S/C10H10O8S2/c11-7(9-3-5-17-19(9,13)14)1-2-8(12)10-4-6-18-20(10,15)16/h9-10H,3-6H2.